The molecule has 2 amide bonds. The summed E-state index contributed by atoms with van der Waals surface area (Å²) >= 11 is 0. The number of benzene rings is 2. The number of hydrogen-bond acceptors (Lipinski definition) is 5. The van der Waals surface area contributed by atoms with Gasteiger partial charge in [0.15, 0.2) is 0 Å². The topological polar surface area (TPSA) is 96.0 Å². The highest BCUT2D eigenvalue weighted by atomic mass is 32.2. The Labute approximate surface area is 209 Å². The van der Waals surface area contributed by atoms with Gasteiger partial charge in [-0.15, -0.1) is 0 Å². The third-order valence-electron chi connectivity index (χ3n) is 5.62. The molecule has 2 rings (SSSR count). The van der Waals surface area contributed by atoms with Crippen LogP contribution in [0.3, 0.4) is 0 Å². The molecule has 0 saturated heterocycles. The van der Waals surface area contributed by atoms with E-state index >= 15 is 0 Å². The fourth-order valence-corrected chi connectivity index (χ4v) is 4.75. The second kappa shape index (κ2) is 12.1. The van der Waals surface area contributed by atoms with E-state index in [2.05, 4.69) is 5.32 Å². The third-order valence-corrected chi connectivity index (χ3v) is 6.74. The summed E-state index contributed by atoms with van der Waals surface area (Å²) in [7, 11) is -2.22. The van der Waals surface area contributed by atoms with Gasteiger partial charge < -0.3 is 15.0 Å². The molecular formula is C26H37N3O5S. The van der Waals surface area contributed by atoms with Gasteiger partial charge in [-0.25, -0.2) is 8.42 Å². The highest BCUT2D eigenvalue weighted by Gasteiger charge is 2.32. The van der Waals surface area contributed by atoms with Gasteiger partial charge in [-0.05, 0) is 69.0 Å². The number of amides is 2. The van der Waals surface area contributed by atoms with Crippen molar-refractivity contribution in [1.29, 1.82) is 0 Å². The van der Waals surface area contributed by atoms with Gasteiger partial charge in [-0.3, -0.25) is 13.9 Å². The maximum atomic E-state index is 13.7. The Morgan fingerprint density at radius 2 is 1.77 bits per heavy atom. The Balaban J connectivity index is 2.50. The first kappa shape index (κ1) is 28.2. The van der Waals surface area contributed by atoms with E-state index in [-0.39, 0.29) is 18.5 Å². The number of nitrogens with one attached hydrogen (secondary N) is 1. The van der Waals surface area contributed by atoms with E-state index in [1.54, 1.807) is 32.2 Å². The van der Waals surface area contributed by atoms with E-state index in [4.69, 9.17) is 4.74 Å². The Bertz CT molecular complexity index is 1150. The van der Waals surface area contributed by atoms with Crippen LogP contribution in [0.1, 0.15) is 43.9 Å². The number of carbonyl (C=O) groups is 2. The Morgan fingerprint density at radius 1 is 1.09 bits per heavy atom. The SMILES string of the molecule is CCC(C(=O)NC(C)C)N(Cc1cccc(OC)c1)C(=O)CN(c1cc(C)ccc1C)S(C)(=O)=O. The molecule has 0 saturated carbocycles. The quantitative estimate of drug-likeness (QED) is 0.507. The highest BCUT2D eigenvalue weighted by Crippen LogP contribution is 2.25. The number of anilines is 1. The van der Waals surface area contributed by atoms with Crippen LogP contribution in [0, 0.1) is 13.8 Å². The van der Waals surface area contributed by atoms with Gasteiger partial charge in [-0.1, -0.05) is 31.2 Å². The molecule has 192 valence electrons. The normalized spacial score (nSPS) is 12.2. The molecule has 35 heavy (non-hydrogen) atoms. The number of aryl methyl sites for hydroxylation is 2. The number of rotatable bonds is 11. The largest absolute Gasteiger partial charge is 0.497 e. The van der Waals surface area contributed by atoms with Gasteiger partial charge in [0.1, 0.15) is 18.3 Å². The second-order valence-electron chi connectivity index (χ2n) is 9.02. The molecule has 9 heteroatoms. The molecule has 1 N–H and O–H groups in total. The maximum Gasteiger partial charge on any atom is 0.244 e. The van der Waals surface area contributed by atoms with Crippen molar-refractivity contribution < 1.29 is 22.7 Å². The molecule has 0 aliphatic rings. The minimum absolute atomic E-state index is 0.104. The van der Waals surface area contributed by atoms with Crippen LogP contribution in [-0.4, -0.2) is 57.1 Å². The lowest BCUT2D eigenvalue weighted by Gasteiger charge is -2.33. The number of carbonyl (C=O) groups excluding carboxylic acids is 2. The van der Waals surface area contributed by atoms with Gasteiger partial charge >= 0.3 is 0 Å². The third kappa shape index (κ3) is 7.71. The highest BCUT2D eigenvalue weighted by molar-refractivity contribution is 7.92. The van der Waals surface area contributed by atoms with Crippen LogP contribution < -0.4 is 14.4 Å². The van der Waals surface area contributed by atoms with Gasteiger partial charge in [0.2, 0.25) is 21.8 Å². The molecule has 1 unspecified atom stereocenters. The predicted octanol–water partition coefficient (Wildman–Crippen LogP) is 3.41. The van der Waals surface area contributed by atoms with Crippen molar-refractivity contribution in [3.8, 4) is 5.75 Å². The number of methoxy groups -OCH3 is 1. The zero-order chi connectivity index (χ0) is 26.3. The Hall–Kier alpha value is -3.07. The molecule has 0 spiro atoms. The van der Waals surface area contributed by atoms with Crippen molar-refractivity contribution in [3.05, 3.63) is 59.2 Å². The van der Waals surface area contributed by atoms with E-state index < -0.39 is 28.5 Å². The van der Waals surface area contributed by atoms with Gasteiger partial charge in [-0.2, -0.15) is 0 Å². The molecule has 1 atom stereocenters. The molecule has 0 heterocycles. The summed E-state index contributed by atoms with van der Waals surface area (Å²) < 4.78 is 32.0. The maximum absolute atomic E-state index is 13.7. The summed E-state index contributed by atoms with van der Waals surface area (Å²) in [5.74, 6) is -0.121. The van der Waals surface area contributed by atoms with E-state index in [0.29, 0.717) is 17.9 Å². The van der Waals surface area contributed by atoms with Crippen molar-refractivity contribution in [2.45, 2.75) is 59.7 Å². The average molecular weight is 504 g/mol. The van der Waals surface area contributed by atoms with Crippen molar-refractivity contribution in [1.82, 2.24) is 10.2 Å². The minimum Gasteiger partial charge on any atom is -0.497 e. The molecule has 0 fully saturated rings. The van der Waals surface area contributed by atoms with Gasteiger partial charge in [0.05, 0.1) is 19.1 Å². The molecule has 8 nitrogen and oxygen atoms in total. The van der Waals surface area contributed by atoms with Crippen molar-refractivity contribution in [2.75, 3.05) is 24.2 Å². The average Bonchev–Trinajstić information content (AvgIpc) is 2.77. The monoisotopic (exact) mass is 503 g/mol. The van der Waals surface area contributed by atoms with Crippen LogP contribution >= 0.6 is 0 Å². The molecule has 2 aromatic carbocycles. The molecular weight excluding hydrogens is 466 g/mol. The first-order valence-corrected chi connectivity index (χ1v) is 13.5. The first-order chi connectivity index (χ1) is 16.4. The van der Waals surface area contributed by atoms with Crippen LogP contribution in [0.25, 0.3) is 0 Å². The summed E-state index contributed by atoms with van der Waals surface area (Å²) in [4.78, 5) is 28.2. The van der Waals surface area contributed by atoms with Crippen LogP contribution in [0.15, 0.2) is 42.5 Å². The van der Waals surface area contributed by atoms with Crippen LogP contribution in [-0.2, 0) is 26.2 Å². The van der Waals surface area contributed by atoms with Crippen LogP contribution in [0.5, 0.6) is 5.75 Å². The molecule has 0 bridgehead atoms. The van der Waals surface area contributed by atoms with Crippen LogP contribution in [0.2, 0.25) is 0 Å². The summed E-state index contributed by atoms with van der Waals surface area (Å²) in [6.07, 6.45) is 1.45. The second-order valence-corrected chi connectivity index (χ2v) is 10.9. The molecule has 0 aliphatic heterocycles. The van der Waals surface area contributed by atoms with Gasteiger partial charge in [0, 0.05) is 12.6 Å². The Morgan fingerprint density at radius 3 is 2.34 bits per heavy atom. The molecule has 0 aliphatic carbocycles. The minimum atomic E-state index is -3.78. The number of sulfonamides is 1. The van der Waals surface area contributed by atoms with E-state index in [1.807, 2.05) is 52.0 Å². The lowest BCUT2D eigenvalue weighted by molar-refractivity contribution is -0.140. The number of ether oxygens (including phenoxy) is 1. The molecule has 2 aromatic rings. The predicted molar refractivity (Wildman–Crippen MR) is 139 cm³/mol. The van der Waals surface area contributed by atoms with Gasteiger partial charge in [0.25, 0.3) is 0 Å². The van der Waals surface area contributed by atoms with Crippen molar-refractivity contribution >= 4 is 27.5 Å². The zero-order valence-electron chi connectivity index (χ0n) is 21.7. The standard InChI is InChI=1S/C26H37N3O5S/c1-8-23(26(31)27-18(2)3)28(16-21-10-9-11-22(15-21)34-6)25(30)17-29(35(7,32)33)24-14-19(4)12-13-20(24)5/h9-15,18,23H,8,16-17H2,1-7H3,(H,27,31). The first-order valence-electron chi connectivity index (χ1n) is 11.6. The number of hydrogen-bond donors (Lipinski definition) is 1. The lowest BCUT2D eigenvalue weighted by atomic mass is 10.1. The van der Waals surface area contributed by atoms with E-state index in [0.717, 1.165) is 27.3 Å². The fourth-order valence-electron chi connectivity index (χ4n) is 3.85. The van der Waals surface area contributed by atoms with Crippen LogP contribution in [0.4, 0.5) is 5.69 Å². The summed E-state index contributed by atoms with van der Waals surface area (Å²) in [6.45, 7) is 8.91. The molecule has 0 aromatic heterocycles. The molecule has 0 radical (unpaired) electrons. The van der Waals surface area contributed by atoms with Crippen molar-refractivity contribution in [2.24, 2.45) is 0 Å². The van der Waals surface area contributed by atoms with E-state index in [9.17, 15) is 18.0 Å². The zero-order valence-corrected chi connectivity index (χ0v) is 22.5. The van der Waals surface area contributed by atoms with Crippen molar-refractivity contribution in [3.63, 3.8) is 0 Å². The summed E-state index contributed by atoms with van der Waals surface area (Å²) in [6, 6.07) is 11.8. The summed E-state index contributed by atoms with van der Waals surface area (Å²) in [5.41, 5.74) is 2.83. The Kier molecular flexibility index (Phi) is 9.71. The summed E-state index contributed by atoms with van der Waals surface area (Å²) in [5, 5.41) is 2.88. The smallest absolute Gasteiger partial charge is 0.244 e. The van der Waals surface area contributed by atoms with E-state index in [1.165, 1.54) is 4.90 Å². The lowest BCUT2D eigenvalue weighted by Crippen LogP contribution is -2.53. The fraction of sp³-hybridized carbons (Fsp3) is 0.462. The number of nitrogens with zero attached hydrogens (tertiary/aromatic N) is 2.